The van der Waals surface area contributed by atoms with E-state index in [4.69, 9.17) is 0 Å². The van der Waals surface area contributed by atoms with E-state index >= 15 is 0 Å². The minimum Gasteiger partial charge on any atom is -0.324 e. The van der Waals surface area contributed by atoms with Gasteiger partial charge in [-0.2, -0.15) is 5.10 Å². The molecule has 29 heavy (non-hydrogen) atoms. The SMILES string of the molecule is O=C(Nc1cnn(Cc2ccc(F)cc2)c1)N1CCC(CCc2ccccc2)C1. The molecule has 1 fully saturated rings. The number of carbonyl (C=O) groups excluding carboxylic acids is 1. The minimum absolute atomic E-state index is 0.0754. The Morgan fingerprint density at radius 1 is 1.10 bits per heavy atom. The fourth-order valence-electron chi connectivity index (χ4n) is 3.76. The largest absolute Gasteiger partial charge is 0.324 e. The number of halogens is 1. The van der Waals surface area contributed by atoms with Crippen LogP contribution in [0.25, 0.3) is 0 Å². The van der Waals surface area contributed by atoms with Crippen LogP contribution >= 0.6 is 0 Å². The molecule has 1 aliphatic rings. The van der Waals surface area contributed by atoms with Crippen LogP contribution in [0, 0.1) is 11.7 Å². The maximum atomic E-state index is 13.0. The number of amides is 2. The smallest absolute Gasteiger partial charge is 0.321 e. The number of hydrogen-bond donors (Lipinski definition) is 1. The number of likely N-dealkylation sites (tertiary alicyclic amines) is 1. The van der Waals surface area contributed by atoms with E-state index < -0.39 is 0 Å². The van der Waals surface area contributed by atoms with E-state index in [1.165, 1.54) is 17.7 Å². The van der Waals surface area contributed by atoms with Crippen molar-refractivity contribution in [2.45, 2.75) is 25.8 Å². The van der Waals surface area contributed by atoms with Gasteiger partial charge in [-0.1, -0.05) is 42.5 Å². The van der Waals surface area contributed by atoms with E-state index in [1.807, 2.05) is 11.0 Å². The molecular formula is C23H25FN4O. The molecule has 2 amide bonds. The Labute approximate surface area is 170 Å². The summed E-state index contributed by atoms with van der Waals surface area (Å²) in [6.07, 6.45) is 6.64. The summed E-state index contributed by atoms with van der Waals surface area (Å²) in [6.45, 7) is 2.11. The van der Waals surface area contributed by atoms with Crippen molar-refractivity contribution >= 4 is 11.7 Å². The van der Waals surface area contributed by atoms with Gasteiger partial charge in [0.25, 0.3) is 0 Å². The zero-order valence-electron chi connectivity index (χ0n) is 16.3. The molecule has 1 aromatic heterocycles. The maximum Gasteiger partial charge on any atom is 0.321 e. The Balaban J connectivity index is 1.25. The molecule has 1 unspecified atom stereocenters. The second-order valence-electron chi connectivity index (χ2n) is 7.61. The Bertz CT molecular complexity index is 939. The number of urea groups is 1. The molecule has 2 heterocycles. The van der Waals surface area contributed by atoms with Gasteiger partial charge in [-0.15, -0.1) is 0 Å². The zero-order chi connectivity index (χ0) is 20.1. The third-order valence-electron chi connectivity index (χ3n) is 5.40. The molecule has 5 nitrogen and oxygen atoms in total. The monoisotopic (exact) mass is 392 g/mol. The first-order chi connectivity index (χ1) is 14.2. The summed E-state index contributed by atoms with van der Waals surface area (Å²) in [5, 5.41) is 7.22. The average molecular weight is 392 g/mol. The van der Waals surface area contributed by atoms with E-state index in [1.54, 1.807) is 29.2 Å². The van der Waals surface area contributed by atoms with Gasteiger partial charge in [0.15, 0.2) is 0 Å². The van der Waals surface area contributed by atoms with Crippen molar-refractivity contribution in [1.82, 2.24) is 14.7 Å². The number of benzene rings is 2. The summed E-state index contributed by atoms with van der Waals surface area (Å²) >= 11 is 0. The molecule has 0 radical (unpaired) electrons. The zero-order valence-corrected chi connectivity index (χ0v) is 16.3. The fourth-order valence-corrected chi connectivity index (χ4v) is 3.76. The molecule has 1 N–H and O–H groups in total. The van der Waals surface area contributed by atoms with E-state index in [2.05, 4.69) is 34.7 Å². The Morgan fingerprint density at radius 3 is 2.69 bits per heavy atom. The van der Waals surface area contributed by atoms with Gasteiger partial charge in [0.05, 0.1) is 18.4 Å². The van der Waals surface area contributed by atoms with E-state index in [0.717, 1.165) is 37.9 Å². The van der Waals surface area contributed by atoms with Gasteiger partial charge >= 0.3 is 6.03 Å². The maximum absolute atomic E-state index is 13.0. The number of nitrogens with one attached hydrogen (secondary N) is 1. The molecule has 4 rings (SSSR count). The van der Waals surface area contributed by atoms with Crippen LogP contribution in [0.1, 0.15) is 24.0 Å². The summed E-state index contributed by atoms with van der Waals surface area (Å²) in [5.74, 6) is 0.289. The van der Waals surface area contributed by atoms with Gasteiger partial charge in [0.1, 0.15) is 5.82 Å². The van der Waals surface area contributed by atoms with Crippen LogP contribution in [0.15, 0.2) is 67.0 Å². The van der Waals surface area contributed by atoms with E-state index in [0.29, 0.717) is 18.2 Å². The predicted octanol–water partition coefficient (Wildman–Crippen LogP) is 4.56. The molecular weight excluding hydrogens is 367 g/mol. The van der Waals surface area contributed by atoms with Crippen molar-refractivity contribution in [3.63, 3.8) is 0 Å². The number of hydrogen-bond acceptors (Lipinski definition) is 2. The van der Waals surface area contributed by atoms with Crippen LogP contribution in [-0.2, 0) is 13.0 Å². The molecule has 150 valence electrons. The molecule has 2 aromatic carbocycles. The Morgan fingerprint density at radius 2 is 1.90 bits per heavy atom. The molecule has 0 saturated carbocycles. The van der Waals surface area contributed by atoms with E-state index in [-0.39, 0.29) is 11.8 Å². The first-order valence-corrected chi connectivity index (χ1v) is 10.0. The highest BCUT2D eigenvalue weighted by atomic mass is 19.1. The van der Waals surface area contributed by atoms with Crippen LogP contribution in [0.3, 0.4) is 0 Å². The van der Waals surface area contributed by atoms with Crippen molar-refractivity contribution in [1.29, 1.82) is 0 Å². The van der Waals surface area contributed by atoms with Crippen molar-refractivity contribution < 1.29 is 9.18 Å². The lowest BCUT2D eigenvalue weighted by Gasteiger charge is -2.16. The highest BCUT2D eigenvalue weighted by molar-refractivity contribution is 5.89. The highest BCUT2D eigenvalue weighted by Crippen LogP contribution is 2.22. The first-order valence-electron chi connectivity index (χ1n) is 10.0. The molecule has 1 atom stereocenters. The second kappa shape index (κ2) is 8.90. The first kappa shape index (κ1) is 19.2. The highest BCUT2D eigenvalue weighted by Gasteiger charge is 2.26. The van der Waals surface area contributed by atoms with Crippen LogP contribution in [0.4, 0.5) is 14.9 Å². The van der Waals surface area contributed by atoms with Crippen molar-refractivity contribution in [2.75, 3.05) is 18.4 Å². The number of nitrogens with zero attached hydrogens (tertiary/aromatic N) is 3. The number of aromatic nitrogens is 2. The molecule has 1 aliphatic heterocycles. The van der Waals surface area contributed by atoms with Crippen LogP contribution in [-0.4, -0.2) is 33.8 Å². The minimum atomic E-state index is -0.255. The molecule has 0 spiro atoms. The van der Waals surface area contributed by atoms with Gasteiger partial charge in [-0.3, -0.25) is 4.68 Å². The lowest BCUT2D eigenvalue weighted by molar-refractivity contribution is 0.220. The van der Waals surface area contributed by atoms with Crippen LogP contribution in [0.5, 0.6) is 0 Å². The van der Waals surface area contributed by atoms with Crippen molar-refractivity contribution in [3.05, 3.63) is 83.9 Å². The summed E-state index contributed by atoms with van der Waals surface area (Å²) < 4.78 is 14.7. The predicted molar refractivity (Wildman–Crippen MR) is 111 cm³/mol. The van der Waals surface area contributed by atoms with Gasteiger partial charge in [0.2, 0.25) is 0 Å². The second-order valence-corrected chi connectivity index (χ2v) is 7.61. The van der Waals surface area contributed by atoms with Gasteiger partial charge in [0, 0.05) is 19.3 Å². The lowest BCUT2D eigenvalue weighted by Crippen LogP contribution is -2.32. The summed E-state index contributed by atoms with van der Waals surface area (Å²) in [5.41, 5.74) is 2.97. The molecule has 0 bridgehead atoms. The van der Waals surface area contributed by atoms with Crippen LogP contribution in [0.2, 0.25) is 0 Å². The van der Waals surface area contributed by atoms with Gasteiger partial charge in [-0.05, 0) is 48.4 Å². The lowest BCUT2D eigenvalue weighted by atomic mass is 9.99. The number of anilines is 1. The normalized spacial score (nSPS) is 16.2. The third kappa shape index (κ3) is 5.22. The summed E-state index contributed by atoms with van der Waals surface area (Å²) in [6, 6.07) is 16.7. The standard InChI is InChI=1S/C23H25FN4O/c24-21-10-8-19(9-11-21)16-28-17-22(14-25-28)26-23(29)27-13-12-20(15-27)7-6-18-4-2-1-3-5-18/h1-5,8-11,14,17,20H,6-7,12-13,15-16H2,(H,26,29). The molecule has 6 heteroatoms. The average Bonchev–Trinajstić information content (AvgIpc) is 3.39. The fraction of sp³-hybridized carbons (Fsp3) is 0.304. The molecule has 3 aromatic rings. The summed E-state index contributed by atoms with van der Waals surface area (Å²) in [4.78, 5) is 14.5. The quantitative estimate of drug-likeness (QED) is 0.669. The number of aryl methyl sites for hydroxylation is 1. The Hall–Kier alpha value is -3.15. The van der Waals surface area contributed by atoms with Crippen molar-refractivity contribution in [2.24, 2.45) is 5.92 Å². The van der Waals surface area contributed by atoms with Gasteiger partial charge in [-0.25, -0.2) is 9.18 Å². The topological polar surface area (TPSA) is 50.2 Å². The third-order valence-corrected chi connectivity index (χ3v) is 5.40. The number of carbonyl (C=O) groups is 1. The summed E-state index contributed by atoms with van der Waals surface area (Å²) in [7, 11) is 0. The van der Waals surface area contributed by atoms with Gasteiger partial charge < -0.3 is 10.2 Å². The molecule has 1 saturated heterocycles. The number of rotatable bonds is 6. The molecule has 0 aliphatic carbocycles. The van der Waals surface area contributed by atoms with Crippen molar-refractivity contribution in [3.8, 4) is 0 Å². The van der Waals surface area contributed by atoms with Crippen LogP contribution < -0.4 is 5.32 Å². The van der Waals surface area contributed by atoms with E-state index in [9.17, 15) is 9.18 Å². The Kier molecular flexibility index (Phi) is 5.89.